The molecule has 0 spiro atoms. The molecule has 0 amide bonds. The van der Waals surface area contributed by atoms with Gasteiger partial charge in [-0.3, -0.25) is 0 Å². The summed E-state index contributed by atoms with van der Waals surface area (Å²) in [6.07, 6.45) is -15.1. The number of hydrogen-bond acceptors (Lipinski definition) is 1. The van der Waals surface area contributed by atoms with E-state index in [-0.39, 0.29) is 0 Å². The van der Waals surface area contributed by atoms with Crippen LogP contribution in [-0.2, 0) is 4.74 Å². The van der Waals surface area contributed by atoms with Crippen molar-refractivity contribution in [3.05, 3.63) is 0 Å². The lowest BCUT2D eigenvalue weighted by Gasteiger charge is -2.02. The van der Waals surface area contributed by atoms with E-state index in [2.05, 4.69) is 4.74 Å². The van der Waals surface area contributed by atoms with E-state index < -0.39 is 24.6 Å². The molecule has 0 saturated carbocycles. The van der Waals surface area contributed by atoms with Crippen molar-refractivity contribution in [2.45, 2.75) is 24.6 Å². The zero-order chi connectivity index (χ0) is 8.86. The number of hydrogen-bond donors (Lipinski definition) is 0. The van der Waals surface area contributed by atoms with E-state index in [0.717, 1.165) is 0 Å². The lowest BCUT2D eigenvalue weighted by molar-refractivity contribution is -0.160. The molecule has 2 atom stereocenters. The van der Waals surface area contributed by atoms with Gasteiger partial charge in [-0.25, -0.2) is 0 Å². The minimum absolute atomic E-state index is 2.65. The van der Waals surface area contributed by atoms with Crippen molar-refractivity contribution in [3.63, 3.8) is 0 Å². The summed E-state index contributed by atoms with van der Waals surface area (Å²) in [5.41, 5.74) is 0. The van der Waals surface area contributed by atoms with Gasteiger partial charge in [0.25, 0.3) is 0 Å². The van der Waals surface area contributed by atoms with Gasteiger partial charge in [-0.05, 0) is 0 Å². The lowest BCUT2D eigenvalue weighted by Crippen LogP contribution is -2.26. The Bertz CT molecular complexity index is 139. The topological polar surface area (TPSA) is 12.5 Å². The number of ether oxygens (including phenoxy) is 1. The maximum absolute atomic E-state index is 11.4. The van der Waals surface area contributed by atoms with Crippen molar-refractivity contribution in [1.82, 2.24) is 0 Å². The van der Waals surface area contributed by atoms with Gasteiger partial charge in [0.05, 0.1) is 0 Å². The largest absolute Gasteiger partial charge is 0.417 e. The average molecular weight is 180 g/mol. The minimum Gasteiger partial charge on any atom is -0.350 e. The molecule has 0 aromatic heterocycles. The SMILES string of the molecule is FC(F)(F)[C@@H]1O[C@@H]1C(F)(F)F. The monoisotopic (exact) mass is 180 g/mol. The van der Waals surface area contributed by atoms with Crippen LogP contribution in [-0.4, -0.2) is 24.6 Å². The first kappa shape index (κ1) is 8.63. The Kier molecular flexibility index (Phi) is 1.59. The summed E-state index contributed by atoms with van der Waals surface area (Å²) in [6, 6.07) is 0. The Labute approximate surface area is 56.9 Å². The Morgan fingerprint density at radius 1 is 0.727 bits per heavy atom. The molecule has 0 aromatic carbocycles. The van der Waals surface area contributed by atoms with Crippen molar-refractivity contribution in [1.29, 1.82) is 0 Å². The minimum atomic E-state index is -4.90. The van der Waals surface area contributed by atoms with Crippen LogP contribution in [0.15, 0.2) is 0 Å². The van der Waals surface area contributed by atoms with Crippen LogP contribution >= 0.6 is 0 Å². The third-order valence-electron chi connectivity index (χ3n) is 1.14. The molecule has 0 N–H and O–H groups in total. The van der Waals surface area contributed by atoms with Crippen LogP contribution in [0.25, 0.3) is 0 Å². The van der Waals surface area contributed by atoms with E-state index in [1.54, 1.807) is 0 Å². The second-order valence-corrected chi connectivity index (χ2v) is 2.06. The van der Waals surface area contributed by atoms with Crippen LogP contribution in [0.5, 0.6) is 0 Å². The van der Waals surface area contributed by atoms with Gasteiger partial charge in [-0.15, -0.1) is 0 Å². The first-order valence-corrected chi connectivity index (χ1v) is 2.52. The number of rotatable bonds is 0. The predicted octanol–water partition coefficient (Wildman–Crippen LogP) is 1.88. The Hall–Kier alpha value is -0.460. The molecule has 7 heteroatoms. The number of alkyl halides is 6. The summed E-state index contributed by atoms with van der Waals surface area (Å²) in [7, 11) is 0. The van der Waals surface area contributed by atoms with Gasteiger partial charge >= 0.3 is 12.4 Å². The number of halogens is 6. The highest BCUT2D eigenvalue weighted by molar-refractivity contribution is 4.95. The van der Waals surface area contributed by atoms with Gasteiger partial charge in [-0.2, -0.15) is 26.3 Å². The van der Waals surface area contributed by atoms with E-state index in [0.29, 0.717) is 0 Å². The fourth-order valence-electron chi connectivity index (χ4n) is 0.610. The van der Waals surface area contributed by atoms with E-state index >= 15 is 0 Å². The first-order chi connectivity index (χ1) is 4.73. The highest BCUT2D eigenvalue weighted by Gasteiger charge is 2.68. The molecule has 0 aromatic rings. The van der Waals surface area contributed by atoms with Gasteiger partial charge < -0.3 is 4.74 Å². The van der Waals surface area contributed by atoms with Crippen molar-refractivity contribution < 1.29 is 31.1 Å². The maximum atomic E-state index is 11.4. The molecule has 0 radical (unpaired) electrons. The molecule has 66 valence electrons. The average Bonchev–Trinajstić information content (AvgIpc) is 2.30. The Balaban J connectivity index is 2.51. The third kappa shape index (κ3) is 1.76. The zero-order valence-corrected chi connectivity index (χ0v) is 4.83. The van der Waals surface area contributed by atoms with Gasteiger partial charge in [0.15, 0.2) is 12.2 Å². The normalized spacial score (nSPS) is 32.2. The van der Waals surface area contributed by atoms with E-state index in [1.165, 1.54) is 0 Å². The quantitative estimate of drug-likeness (QED) is 0.409. The van der Waals surface area contributed by atoms with Crippen molar-refractivity contribution in [3.8, 4) is 0 Å². The smallest absolute Gasteiger partial charge is 0.350 e. The molecule has 11 heavy (non-hydrogen) atoms. The number of epoxide rings is 1. The van der Waals surface area contributed by atoms with Gasteiger partial charge in [-0.1, -0.05) is 0 Å². The van der Waals surface area contributed by atoms with Gasteiger partial charge in [0, 0.05) is 0 Å². The molecular weight excluding hydrogens is 178 g/mol. The molecule has 0 unspecified atom stereocenters. The zero-order valence-electron chi connectivity index (χ0n) is 4.83. The predicted molar refractivity (Wildman–Crippen MR) is 20.8 cm³/mol. The molecule has 1 saturated heterocycles. The molecule has 1 aliphatic rings. The molecular formula is C4H2F6O. The molecule has 1 fully saturated rings. The van der Waals surface area contributed by atoms with Crippen LogP contribution in [0.2, 0.25) is 0 Å². The van der Waals surface area contributed by atoms with E-state index in [9.17, 15) is 26.3 Å². The van der Waals surface area contributed by atoms with Gasteiger partial charge in [0.2, 0.25) is 0 Å². The molecule has 0 aliphatic carbocycles. The summed E-state index contributed by atoms with van der Waals surface area (Å²) >= 11 is 0. The summed E-state index contributed by atoms with van der Waals surface area (Å²) in [6.45, 7) is 0. The van der Waals surface area contributed by atoms with Crippen LogP contribution < -0.4 is 0 Å². The first-order valence-electron chi connectivity index (χ1n) is 2.52. The fraction of sp³-hybridized carbons (Fsp3) is 1.00. The Morgan fingerprint density at radius 3 is 1.09 bits per heavy atom. The maximum Gasteiger partial charge on any atom is 0.417 e. The van der Waals surface area contributed by atoms with E-state index in [4.69, 9.17) is 0 Å². The van der Waals surface area contributed by atoms with Crippen LogP contribution in [0.4, 0.5) is 26.3 Å². The summed E-state index contributed by atoms with van der Waals surface area (Å²) < 4.78 is 71.8. The molecule has 1 rings (SSSR count). The molecule has 0 bridgehead atoms. The van der Waals surface area contributed by atoms with Crippen LogP contribution in [0.3, 0.4) is 0 Å². The second-order valence-electron chi connectivity index (χ2n) is 2.06. The third-order valence-corrected chi connectivity index (χ3v) is 1.14. The summed E-state index contributed by atoms with van der Waals surface area (Å²) in [4.78, 5) is 0. The standard InChI is InChI=1S/C4H2F6O/c5-3(6,7)1-2(11-1)4(8,9)10/h1-2H/t1-,2+. The highest BCUT2D eigenvalue weighted by Crippen LogP contribution is 2.45. The second kappa shape index (κ2) is 2.02. The summed E-state index contributed by atoms with van der Waals surface area (Å²) in [5, 5.41) is 0. The van der Waals surface area contributed by atoms with Crippen molar-refractivity contribution >= 4 is 0 Å². The Morgan fingerprint density at radius 2 is 1.00 bits per heavy atom. The molecule has 1 heterocycles. The van der Waals surface area contributed by atoms with Crippen LogP contribution in [0, 0.1) is 0 Å². The fourth-order valence-corrected chi connectivity index (χ4v) is 0.610. The highest BCUT2D eigenvalue weighted by atomic mass is 19.4. The van der Waals surface area contributed by atoms with E-state index in [1.807, 2.05) is 0 Å². The molecule has 1 nitrogen and oxygen atoms in total. The summed E-state index contributed by atoms with van der Waals surface area (Å²) in [5.74, 6) is 0. The van der Waals surface area contributed by atoms with Crippen molar-refractivity contribution in [2.24, 2.45) is 0 Å². The lowest BCUT2D eigenvalue weighted by atomic mass is 10.3. The van der Waals surface area contributed by atoms with Crippen molar-refractivity contribution in [2.75, 3.05) is 0 Å². The van der Waals surface area contributed by atoms with Gasteiger partial charge in [0.1, 0.15) is 0 Å². The molecule has 1 aliphatic heterocycles. The van der Waals surface area contributed by atoms with Crippen LogP contribution in [0.1, 0.15) is 0 Å².